The predicted octanol–water partition coefficient (Wildman–Crippen LogP) is 3.45. The largest absolute Gasteiger partial charge is 0.342 e. The van der Waals surface area contributed by atoms with Crippen molar-refractivity contribution in [3.8, 4) is 0 Å². The fourth-order valence-corrected chi connectivity index (χ4v) is 4.80. The number of benzene rings is 1. The molecule has 2 aliphatic rings. The van der Waals surface area contributed by atoms with Crippen LogP contribution in [0.5, 0.6) is 0 Å². The van der Waals surface area contributed by atoms with Crippen LogP contribution in [0.25, 0.3) is 0 Å². The minimum Gasteiger partial charge on any atom is -0.342 e. The van der Waals surface area contributed by atoms with Crippen LogP contribution in [-0.2, 0) is 16.1 Å². The second-order valence-electron chi connectivity index (χ2n) is 7.64. The van der Waals surface area contributed by atoms with Gasteiger partial charge in [-0.15, -0.1) is 0 Å². The lowest BCUT2D eigenvalue weighted by Gasteiger charge is -2.38. The van der Waals surface area contributed by atoms with Crippen LogP contribution in [0, 0.1) is 17.0 Å². The zero-order valence-corrected chi connectivity index (χ0v) is 16.5. The molecule has 2 amide bonds. The van der Waals surface area contributed by atoms with Gasteiger partial charge in [-0.05, 0) is 42.7 Å². The first-order valence-corrected chi connectivity index (χ1v) is 10.6. The van der Waals surface area contributed by atoms with Gasteiger partial charge in [-0.1, -0.05) is 6.92 Å². The third kappa shape index (κ3) is 5.00. The van der Waals surface area contributed by atoms with E-state index in [1.165, 1.54) is 12.1 Å². The Hall–Kier alpha value is -1.63. The first-order chi connectivity index (χ1) is 12.9. The first-order valence-electron chi connectivity index (χ1n) is 9.49. The molecule has 2 aliphatic heterocycles. The van der Waals surface area contributed by atoms with Crippen LogP contribution in [-0.4, -0.2) is 52.8 Å². The van der Waals surface area contributed by atoms with Crippen molar-refractivity contribution in [2.75, 3.05) is 31.1 Å². The van der Waals surface area contributed by atoms with Gasteiger partial charge in [-0.3, -0.25) is 9.59 Å². The number of carbonyl (C=O) groups is 2. The lowest BCUT2D eigenvalue weighted by molar-refractivity contribution is -0.130. The normalized spacial score (nSPS) is 19.1. The Kier molecular flexibility index (Phi) is 6.40. The van der Waals surface area contributed by atoms with Crippen LogP contribution in [0.4, 0.5) is 8.78 Å². The van der Waals surface area contributed by atoms with Crippen LogP contribution < -0.4 is 0 Å². The van der Waals surface area contributed by atoms with E-state index in [4.69, 9.17) is 0 Å². The topological polar surface area (TPSA) is 40.6 Å². The molecule has 0 bridgehead atoms. The van der Waals surface area contributed by atoms with E-state index in [-0.39, 0.29) is 23.8 Å². The van der Waals surface area contributed by atoms with E-state index in [2.05, 4.69) is 6.92 Å². The summed E-state index contributed by atoms with van der Waals surface area (Å²) in [5.41, 5.74) is 0.356. The summed E-state index contributed by atoms with van der Waals surface area (Å²) in [4.78, 5) is 28.3. The van der Waals surface area contributed by atoms with Crippen LogP contribution in [0.1, 0.15) is 38.2 Å². The third-order valence-corrected chi connectivity index (χ3v) is 6.60. The van der Waals surface area contributed by atoms with Gasteiger partial charge in [-0.2, -0.15) is 11.8 Å². The summed E-state index contributed by atoms with van der Waals surface area (Å²) < 4.78 is 26.8. The zero-order chi connectivity index (χ0) is 19.4. The molecule has 0 atom stereocenters. The van der Waals surface area contributed by atoms with E-state index in [0.717, 1.165) is 31.1 Å². The summed E-state index contributed by atoms with van der Waals surface area (Å²) in [6, 6.07) is 3.38. The van der Waals surface area contributed by atoms with Gasteiger partial charge in [0, 0.05) is 44.1 Å². The predicted molar refractivity (Wildman–Crippen MR) is 102 cm³/mol. The molecule has 2 heterocycles. The number of rotatable bonds is 6. The highest BCUT2D eigenvalue weighted by molar-refractivity contribution is 7.99. The second kappa shape index (κ2) is 8.59. The standard InChI is InChI=1S/C20H26F2N2O2S/c1-2-7-27-13-19(26)23-5-3-20(4-6-23)11-18(25)24(14-20)12-15-8-16(21)10-17(22)9-15/h8-10H,2-7,11-14H2,1H3. The summed E-state index contributed by atoms with van der Waals surface area (Å²) in [6.07, 6.45) is 3.12. The van der Waals surface area contributed by atoms with E-state index in [0.29, 0.717) is 37.4 Å². The number of thioether (sulfide) groups is 1. The molecule has 0 unspecified atom stereocenters. The average Bonchev–Trinajstić information content (AvgIpc) is 2.89. The molecule has 0 aromatic heterocycles. The van der Waals surface area contributed by atoms with Crippen LogP contribution >= 0.6 is 11.8 Å². The lowest BCUT2D eigenvalue weighted by atomic mass is 9.77. The van der Waals surface area contributed by atoms with Gasteiger partial charge >= 0.3 is 0 Å². The Morgan fingerprint density at radius 3 is 2.48 bits per heavy atom. The Bertz CT molecular complexity index is 685. The summed E-state index contributed by atoms with van der Waals surface area (Å²) in [6.45, 7) is 4.29. The molecule has 0 radical (unpaired) electrons. The van der Waals surface area contributed by atoms with Gasteiger partial charge in [0.2, 0.25) is 11.8 Å². The van der Waals surface area contributed by atoms with Gasteiger partial charge in [0.15, 0.2) is 0 Å². The number of carbonyl (C=O) groups excluding carboxylic acids is 2. The van der Waals surface area contributed by atoms with Crippen molar-refractivity contribution in [2.45, 2.75) is 39.2 Å². The molecule has 1 aromatic rings. The van der Waals surface area contributed by atoms with Crippen molar-refractivity contribution in [3.63, 3.8) is 0 Å². The molecular weight excluding hydrogens is 370 g/mol. The molecular formula is C20H26F2N2O2S. The summed E-state index contributed by atoms with van der Waals surface area (Å²) >= 11 is 1.67. The minimum absolute atomic E-state index is 0.0259. The number of likely N-dealkylation sites (tertiary alicyclic amines) is 2. The maximum absolute atomic E-state index is 13.4. The number of halogens is 2. The van der Waals surface area contributed by atoms with Gasteiger partial charge in [0.1, 0.15) is 11.6 Å². The smallest absolute Gasteiger partial charge is 0.232 e. The molecule has 148 valence electrons. The van der Waals surface area contributed by atoms with Crippen molar-refractivity contribution in [1.82, 2.24) is 9.80 Å². The van der Waals surface area contributed by atoms with Crippen LogP contribution in [0.15, 0.2) is 18.2 Å². The van der Waals surface area contributed by atoms with E-state index < -0.39 is 11.6 Å². The number of amides is 2. The highest BCUT2D eigenvalue weighted by atomic mass is 32.2. The molecule has 4 nitrogen and oxygen atoms in total. The second-order valence-corrected chi connectivity index (χ2v) is 8.74. The summed E-state index contributed by atoms with van der Waals surface area (Å²) in [5, 5.41) is 0. The average molecular weight is 397 g/mol. The van der Waals surface area contributed by atoms with Gasteiger partial charge in [0.25, 0.3) is 0 Å². The molecule has 0 N–H and O–H groups in total. The van der Waals surface area contributed by atoms with Gasteiger partial charge < -0.3 is 9.80 Å². The Labute approximate surface area is 163 Å². The van der Waals surface area contributed by atoms with E-state index in [1.807, 2.05) is 4.90 Å². The van der Waals surface area contributed by atoms with Gasteiger partial charge in [-0.25, -0.2) is 8.78 Å². The quantitative estimate of drug-likeness (QED) is 0.692. The number of piperidine rings is 1. The lowest BCUT2D eigenvalue weighted by Crippen LogP contribution is -2.44. The number of hydrogen-bond acceptors (Lipinski definition) is 3. The fourth-order valence-electron chi connectivity index (χ4n) is 4.01. The number of nitrogens with zero attached hydrogens (tertiary/aromatic N) is 2. The van der Waals surface area contributed by atoms with E-state index in [1.54, 1.807) is 16.7 Å². The van der Waals surface area contributed by atoms with Crippen molar-refractivity contribution in [3.05, 3.63) is 35.4 Å². The molecule has 1 aromatic carbocycles. The van der Waals surface area contributed by atoms with Gasteiger partial charge in [0.05, 0.1) is 5.75 Å². The highest BCUT2D eigenvalue weighted by Crippen LogP contribution is 2.41. The summed E-state index contributed by atoms with van der Waals surface area (Å²) in [7, 11) is 0. The Morgan fingerprint density at radius 2 is 1.85 bits per heavy atom. The maximum Gasteiger partial charge on any atom is 0.232 e. The van der Waals surface area contributed by atoms with E-state index >= 15 is 0 Å². The first kappa shape index (κ1) is 20.1. The number of hydrogen-bond donors (Lipinski definition) is 0. The maximum atomic E-state index is 13.4. The van der Waals surface area contributed by atoms with Crippen molar-refractivity contribution in [1.29, 1.82) is 0 Å². The van der Waals surface area contributed by atoms with E-state index in [9.17, 15) is 18.4 Å². The molecule has 2 fully saturated rings. The highest BCUT2D eigenvalue weighted by Gasteiger charge is 2.45. The molecule has 1 spiro atoms. The zero-order valence-electron chi connectivity index (χ0n) is 15.7. The molecule has 3 rings (SSSR count). The molecule has 0 saturated carbocycles. The Morgan fingerprint density at radius 1 is 1.19 bits per heavy atom. The monoisotopic (exact) mass is 396 g/mol. The molecule has 7 heteroatoms. The van der Waals surface area contributed by atoms with Crippen molar-refractivity contribution >= 4 is 23.6 Å². The fraction of sp³-hybridized carbons (Fsp3) is 0.600. The Balaban J connectivity index is 1.55. The van der Waals surface area contributed by atoms with Crippen molar-refractivity contribution in [2.24, 2.45) is 5.41 Å². The molecule has 2 saturated heterocycles. The van der Waals surface area contributed by atoms with Crippen LogP contribution in [0.2, 0.25) is 0 Å². The van der Waals surface area contributed by atoms with Crippen molar-refractivity contribution < 1.29 is 18.4 Å². The van der Waals surface area contributed by atoms with Crippen LogP contribution in [0.3, 0.4) is 0 Å². The third-order valence-electron chi connectivity index (χ3n) is 5.45. The minimum atomic E-state index is -0.626. The SMILES string of the molecule is CCCSCC(=O)N1CCC2(CC1)CC(=O)N(Cc1cc(F)cc(F)c1)C2. The molecule has 0 aliphatic carbocycles. The summed E-state index contributed by atoms with van der Waals surface area (Å²) in [5.74, 6) is 0.473. The molecule has 27 heavy (non-hydrogen) atoms.